The lowest BCUT2D eigenvalue weighted by Gasteiger charge is -2.30. The fraction of sp³-hybridized carbons (Fsp3) is 0.375. The zero-order chi connectivity index (χ0) is 24.2. The van der Waals surface area contributed by atoms with E-state index in [4.69, 9.17) is 4.98 Å². The van der Waals surface area contributed by atoms with Gasteiger partial charge in [-0.3, -0.25) is 10.1 Å². The molecule has 0 atom stereocenters. The van der Waals surface area contributed by atoms with E-state index in [-0.39, 0.29) is 23.8 Å². The Labute approximate surface area is 197 Å². The second kappa shape index (κ2) is 9.90. The Bertz CT molecular complexity index is 1210. The van der Waals surface area contributed by atoms with Gasteiger partial charge in [0.15, 0.2) is 0 Å². The van der Waals surface area contributed by atoms with Gasteiger partial charge in [0.05, 0.1) is 10.4 Å². The van der Waals surface area contributed by atoms with Crippen LogP contribution in [0.5, 0.6) is 0 Å². The summed E-state index contributed by atoms with van der Waals surface area (Å²) in [5, 5.41) is 21.2. The molecule has 0 radical (unpaired) electrons. The van der Waals surface area contributed by atoms with Crippen molar-refractivity contribution in [2.24, 2.45) is 0 Å². The number of amides is 2. The number of benzene rings is 2. The Hall–Kier alpha value is -3.95. The lowest BCUT2D eigenvalue weighted by molar-refractivity contribution is -0.384. The third-order valence-electron chi connectivity index (χ3n) is 6.07. The van der Waals surface area contributed by atoms with Crippen molar-refractivity contribution in [3.63, 3.8) is 0 Å². The van der Waals surface area contributed by atoms with E-state index in [1.165, 1.54) is 12.1 Å². The van der Waals surface area contributed by atoms with Gasteiger partial charge >= 0.3 is 6.03 Å². The number of nitrogens with one attached hydrogen (secondary N) is 3. The zero-order valence-corrected chi connectivity index (χ0v) is 19.5. The number of non-ortho nitro benzene ring substituents is 1. The number of nitro benzene ring substituents is 1. The van der Waals surface area contributed by atoms with Gasteiger partial charge in [-0.25, -0.2) is 9.78 Å². The molecule has 1 aliphatic rings. The van der Waals surface area contributed by atoms with E-state index in [1.54, 1.807) is 13.0 Å². The molecule has 1 saturated carbocycles. The van der Waals surface area contributed by atoms with Gasteiger partial charge in [-0.1, -0.05) is 12.1 Å². The molecule has 178 valence electrons. The smallest absolute Gasteiger partial charge is 0.319 e. The van der Waals surface area contributed by atoms with E-state index in [0.29, 0.717) is 17.2 Å². The normalized spacial score (nSPS) is 17.7. The number of aromatic nitrogens is 2. The van der Waals surface area contributed by atoms with Crippen LogP contribution in [-0.4, -0.2) is 47.1 Å². The summed E-state index contributed by atoms with van der Waals surface area (Å²) in [6.45, 7) is 1.73. The lowest BCUT2D eigenvalue weighted by Crippen LogP contribution is -2.42. The highest BCUT2D eigenvalue weighted by atomic mass is 16.6. The molecular formula is C24H29N7O3. The summed E-state index contributed by atoms with van der Waals surface area (Å²) < 4.78 is 0. The van der Waals surface area contributed by atoms with E-state index in [9.17, 15) is 14.9 Å². The number of carbonyl (C=O) groups is 1. The molecule has 1 heterocycles. The van der Waals surface area contributed by atoms with Crippen molar-refractivity contribution in [3.8, 4) is 0 Å². The van der Waals surface area contributed by atoms with Crippen molar-refractivity contribution in [2.45, 2.75) is 44.7 Å². The SMILES string of the molecule is Cc1cc([N+](=O)[O-])ccc1NC(=O)N[C@H]1CC[C@@H](Nc2nc(N(C)C)c3ccccc3n2)CC1. The van der Waals surface area contributed by atoms with Crippen molar-refractivity contribution >= 4 is 40.1 Å². The van der Waals surface area contributed by atoms with Crippen molar-refractivity contribution in [1.82, 2.24) is 15.3 Å². The maximum absolute atomic E-state index is 12.5. The number of carbonyl (C=O) groups excluding carboxylic acids is 1. The summed E-state index contributed by atoms with van der Waals surface area (Å²) in [5.41, 5.74) is 2.10. The topological polar surface area (TPSA) is 125 Å². The molecule has 34 heavy (non-hydrogen) atoms. The largest absolute Gasteiger partial charge is 0.362 e. The number of urea groups is 1. The fourth-order valence-corrected chi connectivity index (χ4v) is 4.28. The molecule has 0 unspecified atom stereocenters. The lowest BCUT2D eigenvalue weighted by atomic mass is 9.91. The molecule has 1 aliphatic carbocycles. The predicted molar refractivity (Wildman–Crippen MR) is 134 cm³/mol. The third-order valence-corrected chi connectivity index (χ3v) is 6.07. The minimum absolute atomic E-state index is 0.00220. The Kier molecular flexibility index (Phi) is 6.76. The maximum atomic E-state index is 12.5. The van der Waals surface area contributed by atoms with Gasteiger partial charge in [-0.05, 0) is 56.4 Å². The van der Waals surface area contributed by atoms with Gasteiger partial charge in [0.2, 0.25) is 5.95 Å². The molecule has 10 heteroatoms. The molecule has 2 aromatic carbocycles. The molecule has 4 rings (SSSR count). The second-order valence-electron chi connectivity index (χ2n) is 8.83. The Morgan fingerprint density at radius 2 is 1.76 bits per heavy atom. The van der Waals surface area contributed by atoms with Gasteiger partial charge < -0.3 is 20.9 Å². The number of nitrogens with zero attached hydrogens (tertiary/aromatic N) is 4. The summed E-state index contributed by atoms with van der Waals surface area (Å²) in [7, 11) is 3.94. The van der Waals surface area contributed by atoms with Crippen LogP contribution in [0, 0.1) is 17.0 Å². The Morgan fingerprint density at radius 1 is 1.06 bits per heavy atom. The van der Waals surface area contributed by atoms with Crippen LogP contribution in [0.15, 0.2) is 42.5 Å². The van der Waals surface area contributed by atoms with Gasteiger partial charge in [0.1, 0.15) is 5.82 Å². The first kappa shape index (κ1) is 23.2. The number of hydrogen-bond acceptors (Lipinski definition) is 7. The molecule has 10 nitrogen and oxygen atoms in total. The second-order valence-corrected chi connectivity index (χ2v) is 8.83. The van der Waals surface area contributed by atoms with E-state index in [1.807, 2.05) is 43.3 Å². The van der Waals surface area contributed by atoms with Gasteiger partial charge in [0, 0.05) is 49.4 Å². The highest BCUT2D eigenvalue weighted by Gasteiger charge is 2.24. The molecule has 0 spiro atoms. The van der Waals surface area contributed by atoms with Crippen LogP contribution in [0.4, 0.5) is 27.9 Å². The first-order valence-electron chi connectivity index (χ1n) is 11.3. The highest BCUT2D eigenvalue weighted by Crippen LogP contribution is 2.27. The van der Waals surface area contributed by atoms with Crippen molar-refractivity contribution in [3.05, 3.63) is 58.1 Å². The average Bonchev–Trinajstić information content (AvgIpc) is 2.81. The minimum Gasteiger partial charge on any atom is -0.362 e. The van der Waals surface area contributed by atoms with Crippen molar-refractivity contribution in [2.75, 3.05) is 29.6 Å². The number of rotatable bonds is 6. The van der Waals surface area contributed by atoms with Crippen molar-refractivity contribution in [1.29, 1.82) is 0 Å². The zero-order valence-electron chi connectivity index (χ0n) is 19.5. The third kappa shape index (κ3) is 5.33. The monoisotopic (exact) mass is 463 g/mol. The van der Waals surface area contributed by atoms with Gasteiger partial charge in [0.25, 0.3) is 5.69 Å². The molecule has 0 saturated heterocycles. The van der Waals surface area contributed by atoms with Crippen molar-refractivity contribution < 1.29 is 9.72 Å². The van der Waals surface area contributed by atoms with E-state index in [0.717, 1.165) is 42.4 Å². The number of hydrogen-bond donors (Lipinski definition) is 3. The quantitative estimate of drug-likeness (QED) is 0.364. The number of aryl methyl sites for hydroxylation is 1. The fourth-order valence-electron chi connectivity index (χ4n) is 4.28. The van der Waals surface area contributed by atoms with E-state index in [2.05, 4.69) is 20.9 Å². The summed E-state index contributed by atoms with van der Waals surface area (Å²) in [6.07, 6.45) is 3.43. The van der Waals surface area contributed by atoms with Crippen LogP contribution < -0.4 is 20.9 Å². The molecule has 0 aliphatic heterocycles. The number of anilines is 3. The van der Waals surface area contributed by atoms with Gasteiger partial charge in [-0.15, -0.1) is 0 Å². The molecule has 3 N–H and O–H groups in total. The van der Waals surface area contributed by atoms with E-state index < -0.39 is 4.92 Å². The Morgan fingerprint density at radius 3 is 2.44 bits per heavy atom. The molecular weight excluding hydrogens is 434 g/mol. The van der Waals surface area contributed by atoms with Crippen LogP contribution in [0.25, 0.3) is 10.9 Å². The predicted octanol–water partition coefficient (Wildman–Crippen LogP) is 4.46. The van der Waals surface area contributed by atoms with E-state index >= 15 is 0 Å². The highest BCUT2D eigenvalue weighted by molar-refractivity contribution is 5.91. The van der Waals surface area contributed by atoms with Gasteiger partial charge in [-0.2, -0.15) is 4.98 Å². The van der Waals surface area contributed by atoms with Crippen LogP contribution in [0.3, 0.4) is 0 Å². The number of fused-ring (bicyclic) bond motifs is 1. The minimum atomic E-state index is -0.451. The van der Waals surface area contributed by atoms with Crippen LogP contribution in [0.1, 0.15) is 31.2 Å². The number of para-hydroxylation sites is 1. The standard InChI is InChI=1S/C24H29N7O3/c1-15-14-18(31(33)34)12-13-20(15)28-24(32)26-17-10-8-16(9-11-17)25-23-27-21-7-5-4-6-19(21)22(29-23)30(2)3/h4-7,12-14,16-17H,8-11H2,1-3H3,(H,25,27,29)(H2,26,28,32)/t16-,17+. The van der Waals surface area contributed by atoms with Crippen LogP contribution in [0.2, 0.25) is 0 Å². The Balaban J connectivity index is 1.32. The first-order valence-corrected chi connectivity index (χ1v) is 11.3. The summed E-state index contributed by atoms with van der Waals surface area (Å²) >= 11 is 0. The number of nitro groups is 1. The molecule has 2 amide bonds. The van der Waals surface area contributed by atoms with Crippen LogP contribution >= 0.6 is 0 Å². The maximum Gasteiger partial charge on any atom is 0.319 e. The summed E-state index contributed by atoms with van der Waals surface area (Å²) in [4.78, 5) is 34.3. The molecule has 1 fully saturated rings. The average molecular weight is 464 g/mol. The molecule has 1 aromatic heterocycles. The summed E-state index contributed by atoms with van der Waals surface area (Å²) in [5.74, 6) is 1.49. The molecule has 3 aromatic rings. The molecule has 0 bridgehead atoms. The first-order chi connectivity index (χ1) is 16.3. The summed E-state index contributed by atoms with van der Waals surface area (Å²) in [6, 6.07) is 12.3. The van der Waals surface area contributed by atoms with Crippen LogP contribution in [-0.2, 0) is 0 Å².